The van der Waals surface area contributed by atoms with Gasteiger partial charge in [-0.25, -0.2) is 0 Å². The molecule has 1 amide bonds. The number of carbonyl (C=O) groups is 1. The average Bonchev–Trinajstić information content (AvgIpc) is 2.77. The van der Waals surface area contributed by atoms with E-state index in [0.29, 0.717) is 22.3 Å². The Labute approximate surface area is 128 Å². The fraction of sp³-hybridized carbons (Fsp3) is 0.643. The zero-order chi connectivity index (χ0) is 13.9. The number of hydrogen-bond donors (Lipinski definition) is 1. The Hall–Kier alpha value is -0.250. The Morgan fingerprint density at radius 3 is 2.63 bits per heavy atom. The van der Waals surface area contributed by atoms with E-state index in [2.05, 4.69) is 5.32 Å². The standard InChI is InChI=1S/C14H19Cl2NOS/c1-10-7-19-12(11(10)16)13(18)17-9-14(8-15)5-3-2-4-6-14/h7H,2-6,8-9H2,1H3,(H,17,18). The van der Waals surface area contributed by atoms with E-state index in [1.165, 1.54) is 30.6 Å². The molecule has 1 heterocycles. The molecule has 0 spiro atoms. The fourth-order valence-electron chi connectivity index (χ4n) is 2.59. The molecule has 0 atom stereocenters. The van der Waals surface area contributed by atoms with Crippen molar-refractivity contribution in [1.29, 1.82) is 0 Å². The number of alkyl halides is 1. The molecule has 0 radical (unpaired) electrons. The van der Waals surface area contributed by atoms with Crippen LogP contribution < -0.4 is 5.32 Å². The molecule has 1 aliphatic rings. The molecular weight excluding hydrogens is 301 g/mol. The monoisotopic (exact) mass is 319 g/mol. The second kappa shape index (κ2) is 6.47. The number of thiophene rings is 1. The number of amides is 1. The van der Waals surface area contributed by atoms with Gasteiger partial charge in [0.25, 0.3) is 5.91 Å². The minimum Gasteiger partial charge on any atom is -0.351 e. The molecule has 106 valence electrons. The number of nitrogens with one attached hydrogen (secondary N) is 1. The lowest BCUT2D eigenvalue weighted by Crippen LogP contribution is -2.40. The minimum atomic E-state index is -0.0711. The molecule has 0 saturated heterocycles. The van der Waals surface area contributed by atoms with Crippen LogP contribution in [0.25, 0.3) is 0 Å². The van der Waals surface area contributed by atoms with Crippen molar-refractivity contribution < 1.29 is 4.79 Å². The van der Waals surface area contributed by atoms with Crippen LogP contribution in [-0.2, 0) is 0 Å². The number of halogens is 2. The van der Waals surface area contributed by atoms with E-state index in [9.17, 15) is 4.79 Å². The zero-order valence-corrected chi connectivity index (χ0v) is 13.4. The maximum atomic E-state index is 12.2. The molecule has 1 aliphatic carbocycles. The van der Waals surface area contributed by atoms with Gasteiger partial charge in [-0.1, -0.05) is 30.9 Å². The number of aryl methyl sites for hydroxylation is 1. The van der Waals surface area contributed by atoms with Crippen LogP contribution in [0.5, 0.6) is 0 Å². The van der Waals surface area contributed by atoms with E-state index in [0.717, 1.165) is 18.4 Å². The molecule has 0 bridgehead atoms. The van der Waals surface area contributed by atoms with Crippen molar-refractivity contribution in [2.24, 2.45) is 5.41 Å². The molecular formula is C14H19Cl2NOS. The second-order valence-electron chi connectivity index (χ2n) is 5.44. The molecule has 0 aromatic carbocycles. The summed E-state index contributed by atoms with van der Waals surface area (Å²) < 4.78 is 0. The summed E-state index contributed by atoms with van der Waals surface area (Å²) in [5.41, 5.74) is 1.04. The predicted octanol–water partition coefficient (Wildman–Crippen LogP) is 4.63. The van der Waals surface area contributed by atoms with Crippen molar-refractivity contribution in [3.8, 4) is 0 Å². The van der Waals surface area contributed by atoms with Gasteiger partial charge in [-0.15, -0.1) is 22.9 Å². The molecule has 1 fully saturated rings. The van der Waals surface area contributed by atoms with E-state index in [1.807, 2.05) is 12.3 Å². The number of rotatable bonds is 4. The highest BCUT2D eigenvalue weighted by Crippen LogP contribution is 2.37. The maximum absolute atomic E-state index is 12.2. The fourth-order valence-corrected chi connectivity index (χ4v) is 4.15. The summed E-state index contributed by atoms with van der Waals surface area (Å²) in [5, 5.41) is 5.50. The SMILES string of the molecule is Cc1csc(C(=O)NCC2(CCl)CCCCC2)c1Cl. The van der Waals surface area contributed by atoms with Crippen LogP contribution >= 0.6 is 34.5 Å². The Balaban J connectivity index is 1.97. The summed E-state index contributed by atoms with van der Waals surface area (Å²) in [4.78, 5) is 12.8. The number of hydrogen-bond acceptors (Lipinski definition) is 2. The second-order valence-corrected chi connectivity index (χ2v) is 6.96. The van der Waals surface area contributed by atoms with Crippen LogP contribution in [-0.4, -0.2) is 18.3 Å². The van der Waals surface area contributed by atoms with Gasteiger partial charge in [-0.2, -0.15) is 0 Å². The van der Waals surface area contributed by atoms with E-state index in [-0.39, 0.29) is 11.3 Å². The van der Waals surface area contributed by atoms with Crippen molar-refractivity contribution in [3.05, 3.63) is 20.8 Å². The third-order valence-electron chi connectivity index (χ3n) is 3.93. The summed E-state index contributed by atoms with van der Waals surface area (Å²) in [6, 6.07) is 0. The van der Waals surface area contributed by atoms with Crippen LogP contribution in [0, 0.1) is 12.3 Å². The van der Waals surface area contributed by atoms with Gasteiger partial charge in [0, 0.05) is 17.8 Å². The lowest BCUT2D eigenvalue weighted by Gasteiger charge is -2.35. The maximum Gasteiger partial charge on any atom is 0.262 e. The van der Waals surface area contributed by atoms with Crippen molar-refractivity contribution >= 4 is 40.4 Å². The van der Waals surface area contributed by atoms with Gasteiger partial charge in [0.2, 0.25) is 0 Å². The summed E-state index contributed by atoms with van der Waals surface area (Å²) in [7, 11) is 0. The normalized spacial score (nSPS) is 18.3. The van der Waals surface area contributed by atoms with Crippen molar-refractivity contribution in [3.63, 3.8) is 0 Å². The highest BCUT2D eigenvalue weighted by molar-refractivity contribution is 7.13. The molecule has 1 saturated carbocycles. The van der Waals surface area contributed by atoms with Gasteiger partial charge in [0.1, 0.15) is 4.88 Å². The van der Waals surface area contributed by atoms with E-state index >= 15 is 0 Å². The van der Waals surface area contributed by atoms with Gasteiger partial charge in [0.05, 0.1) is 5.02 Å². The third-order valence-corrected chi connectivity index (χ3v) is 6.19. The quantitative estimate of drug-likeness (QED) is 0.805. The Morgan fingerprint density at radius 2 is 2.11 bits per heavy atom. The first-order valence-electron chi connectivity index (χ1n) is 6.66. The van der Waals surface area contributed by atoms with Crippen LogP contribution in [0.1, 0.15) is 47.3 Å². The molecule has 1 aromatic rings. The van der Waals surface area contributed by atoms with Crippen LogP contribution in [0.15, 0.2) is 5.38 Å². The third kappa shape index (κ3) is 3.45. The van der Waals surface area contributed by atoms with Crippen molar-refractivity contribution in [2.45, 2.75) is 39.0 Å². The van der Waals surface area contributed by atoms with E-state index < -0.39 is 0 Å². The van der Waals surface area contributed by atoms with E-state index in [1.54, 1.807) is 0 Å². The Kier molecular flexibility index (Phi) is 5.15. The van der Waals surface area contributed by atoms with Gasteiger partial charge >= 0.3 is 0 Å². The van der Waals surface area contributed by atoms with Gasteiger partial charge in [0.15, 0.2) is 0 Å². The molecule has 5 heteroatoms. The molecule has 1 N–H and O–H groups in total. The highest BCUT2D eigenvalue weighted by atomic mass is 35.5. The minimum absolute atomic E-state index is 0.0711. The first-order valence-corrected chi connectivity index (χ1v) is 8.45. The molecule has 0 aliphatic heterocycles. The lowest BCUT2D eigenvalue weighted by molar-refractivity contribution is 0.0925. The smallest absolute Gasteiger partial charge is 0.262 e. The largest absolute Gasteiger partial charge is 0.351 e. The summed E-state index contributed by atoms with van der Waals surface area (Å²) >= 11 is 13.6. The summed E-state index contributed by atoms with van der Waals surface area (Å²) in [5.74, 6) is 0.544. The van der Waals surface area contributed by atoms with Crippen molar-refractivity contribution in [2.75, 3.05) is 12.4 Å². The molecule has 0 unspecified atom stereocenters. The van der Waals surface area contributed by atoms with Crippen LogP contribution in [0.2, 0.25) is 5.02 Å². The van der Waals surface area contributed by atoms with Gasteiger partial charge in [-0.3, -0.25) is 4.79 Å². The van der Waals surface area contributed by atoms with Gasteiger partial charge < -0.3 is 5.32 Å². The Morgan fingerprint density at radius 1 is 1.42 bits per heavy atom. The van der Waals surface area contributed by atoms with E-state index in [4.69, 9.17) is 23.2 Å². The number of carbonyl (C=O) groups excluding carboxylic acids is 1. The Bertz CT molecular complexity index is 452. The van der Waals surface area contributed by atoms with Crippen molar-refractivity contribution in [1.82, 2.24) is 5.32 Å². The lowest BCUT2D eigenvalue weighted by atomic mass is 9.75. The zero-order valence-electron chi connectivity index (χ0n) is 11.1. The molecule has 1 aromatic heterocycles. The molecule has 19 heavy (non-hydrogen) atoms. The van der Waals surface area contributed by atoms with Crippen LogP contribution in [0.4, 0.5) is 0 Å². The average molecular weight is 320 g/mol. The first-order chi connectivity index (χ1) is 9.08. The molecule has 2 nitrogen and oxygen atoms in total. The summed E-state index contributed by atoms with van der Waals surface area (Å²) in [6.07, 6.45) is 5.91. The van der Waals surface area contributed by atoms with Gasteiger partial charge in [-0.05, 0) is 30.7 Å². The molecule has 2 rings (SSSR count). The highest BCUT2D eigenvalue weighted by Gasteiger charge is 2.32. The summed E-state index contributed by atoms with van der Waals surface area (Å²) in [6.45, 7) is 2.57. The predicted molar refractivity (Wildman–Crippen MR) is 82.6 cm³/mol. The first kappa shape index (κ1) is 15.1. The van der Waals surface area contributed by atoms with Crippen LogP contribution in [0.3, 0.4) is 0 Å². The topological polar surface area (TPSA) is 29.1 Å².